The molecule has 4 nitrogen and oxygen atoms in total. The monoisotopic (exact) mass is 245 g/mol. The first kappa shape index (κ1) is 12.6. The number of nitrogens with one attached hydrogen (secondary N) is 2. The van der Waals surface area contributed by atoms with Crippen LogP contribution >= 0.6 is 0 Å². The van der Waals surface area contributed by atoms with Crippen molar-refractivity contribution in [3.8, 4) is 0 Å². The van der Waals surface area contributed by atoms with Gasteiger partial charge in [-0.1, -0.05) is 20.3 Å². The SMILES string of the molecule is CCC(C)C(C)NC(=O)c1ccc2nc[nH]c2c1. The Morgan fingerprint density at radius 1 is 1.44 bits per heavy atom. The molecule has 1 aromatic heterocycles. The standard InChI is InChI=1S/C14H19N3O/c1-4-9(2)10(3)17-14(18)11-5-6-12-13(7-11)16-8-15-12/h5-10H,4H2,1-3H3,(H,15,16)(H,17,18). The Balaban J connectivity index is 2.13. The van der Waals surface area contributed by atoms with E-state index in [4.69, 9.17) is 0 Å². The Kier molecular flexibility index (Phi) is 3.65. The van der Waals surface area contributed by atoms with Crippen LogP contribution in [0.25, 0.3) is 11.0 Å². The number of imidazole rings is 1. The highest BCUT2D eigenvalue weighted by atomic mass is 16.1. The van der Waals surface area contributed by atoms with E-state index in [0.717, 1.165) is 17.5 Å². The van der Waals surface area contributed by atoms with E-state index in [1.165, 1.54) is 0 Å². The van der Waals surface area contributed by atoms with E-state index in [1.807, 2.05) is 25.1 Å². The fraction of sp³-hybridized carbons (Fsp3) is 0.429. The summed E-state index contributed by atoms with van der Waals surface area (Å²) in [5, 5.41) is 3.03. The number of hydrogen-bond acceptors (Lipinski definition) is 2. The van der Waals surface area contributed by atoms with E-state index in [2.05, 4.69) is 29.1 Å². The maximum absolute atomic E-state index is 12.1. The Morgan fingerprint density at radius 3 is 2.94 bits per heavy atom. The molecule has 0 bridgehead atoms. The zero-order valence-corrected chi connectivity index (χ0v) is 11.0. The average molecular weight is 245 g/mol. The summed E-state index contributed by atoms with van der Waals surface area (Å²) >= 11 is 0. The number of fused-ring (bicyclic) bond motifs is 1. The molecule has 4 heteroatoms. The summed E-state index contributed by atoms with van der Waals surface area (Å²) in [5.41, 5.74) is 2.43. The zero-order valence-electron chi connectivity index (χ0n) is 11.0. The van der Waals surface area contributed by atoms with Crippen LogP contribution in [0.2, 0.25) is 0 Å². The number of carbonyl (C=O) groups is 1. The van der Waals surface area contributed by atoms with Crippen LogP contribution in [0.4, 0.5) is 0 Å². The molecule has 0 aliphatic rings. The Bertz CT molecular complexity index is 547. The van der Waals surface area contributed by atoms with Gasteiger partial charge in [0.1, 0.15) is 0 Å². The van der Waals surface area contributed by atoms with Crippen molar-refractivity contribution < 1.29 is 4.79 Å². The van der Waals surface area contributed by atoms with Crippen LogP contribution in [0.15, 0.2) is 24.5 Å². The minimum atomic E-state index is -0.0284. The van der Waals surface area contributed by atoms with Crippen molar-refractivity contribution in [1.29, 1.82) is 0 Å². The molecule has 1 heterocycles. The molecule has 96 valence electrons. The molecular weight excluding hydrogens is 226 g/mol. The molecule has 0 aliphatic carbocycles. The second kappa shape index (κ2) is 5.21. The number of aromatic amines is 1. The summed E-state index contributed by atoms with van der Waals surface area (Å²) in [6.07, 6.45) is 2.69. The highest BCUT2D eigenvalue weighted by Gasteiger charge is 2.14. The first-order chi connectivity index (χ1) is 8.61. The number of H-pyrrole nitrogens is 1. The van der Waals surface area contributed by atoms with Gasteiger partial charge in [-0.05, 0) is 31.0 Å². The fourth-order valence-corrected chi connectivity index (χ4v) is 1.86. The maximum atomic E-state index is 12.1. The lowest BCUT2D eigenvalue weighted by Crippen LogP contribution is -2.36. The summed E-state index contributed by atoms with van der Waals surface area (Å²) in [5.74, 6) is 0.448. The molecule has 0 radical (unpaired) electrons. The molecule has 2 rings (SSSR count). The van der Waals surface area contributed by atoms with Gasteiger partial charge in [0.25, 0.3) is 5.91 Å². The smallest absolute Gasteiger partial charge is 0.251 e. The Morgan fingerprint density at radius 2 is 2.22 bits per heavy atom. The van der Waals surface area contributed by atoms with Gasteiger partial charge in [0.2, 0.25) is 0 Å². The summed E-state index contributed by atoms with van der Waals surface area (Å²) in [7, 11) is 0. The zero-order chi connectivity index (χ0) is 13.1. The molecule has 0 saturated carbocycles. The van der Waals surface area contributed by atoms with Gasteiger partial charge in [-0.15, -0.1) is 0 Å². The largest absolute Gasteiger partial charge is 0.349 e. The van der Waals surface area contributed by atoms with Gasteiger partial charge in [0.05, 0.1) is 17.4 Å². The van der Waals surface area contributed by atoms with E-state index < -0.39 is 0 Å². The predicted molar refractivity (Wildman–Crippen MR) is 72.5 cm³/mol. The minimum absolute atomic E-state index is 0.0284. The number of benzene rings is 1. The topological polar surface area (TPSA) is 57.8 Å². The van der Waals surface area contributed by atoms with Crippen LogP contribution in [0, 0.1) is 5.92 Å². The molecule has 1 aromatic carbocycles. The summed E-state index contributed by atoms with van der Waals surface area (Å²) < 4.78 is 0. The second-order valence-electron chi connectivity index (χ2n) is 4.78. The second-order valence-corrected chi connectivity index (χ2v) is 4.78. The van der Waals surface area contributed by atoms with Gasteiger partial charge < -0.3 is 10.3 Å². The molecule has 0 fully saturated rings. The molecule has 0 spiro atoms. The maximum Gasteiger partial charge on any atom is 0.251 e. The van der Waals surface area contributed by atoms with E-state index >= 15 is 0 Å². The van der Waals surface area contributed by atoms with Crippen LogP contribution in [0.5, 0.6) is 0 Å². The molecule has 2 N–H and O–H groups in total. The van der Waals surface area contributed by atoms with Crippen molar-refractivity contribution in [2.24, 2.45) is 5.92 Å². The summed E-state index contributed by atoms with van der Waals surface area (Å²) in [6.45, 7) is 6.31. The van der Waals surface area contributed by atoms with Gasteiger partial charge in [0.15, 0.2) is 0 Å². The molecule has 2 unspecified atom stereocenters. The van der Waals surface area contributed by atoms with Crippen molar-refractivity contribution in [2.75, 3.05) is 0 Å². The fourth-order valence-electron chi connectivity index (χ4n) is 1.86. The van der Waals surface area contributed by atoms with E-state index in [-0.39, 0.29) is 11.9 Å². The van der Waals surface area contributed by atoms with Gasteiger partial charge in [0, 0.05) is 11.6 Å². The van der Waals surface area contributed by atoms with Gasteiger partial charge in [-0.2, -0.15) is 0 Å². The summed E-state index contributed by atoms with van der Waals surface area (Å²) in [4.78, 5) is 19.2. The number of amides is 1. The number of hydrogen-bond donors (Lipinski definition) is 2. The van der Waals surface area contributed by atoms with Crippen LogP contribution in [-0.2, 0) is 0 Å². The van der Waals surface area contributed by atoms with Crippen molar-refractivity contribution in [3.05, 3.63) is 30.1 Å². The van der Waals surface area contributed by atoms with Gasteiger partial charge in [-0.3, -0.25) is 4.79 Å². The van der Waals surface area contributed by atoms with Crippen LogP contribution in [0.3, 0.4) is 0 Å². The molecule has 0 aliphatic heterocycles. The van der Waals surface area contributed by atoms with Crippen LogP contribution in [-0.4, -0.2) is 21.9 Å². The van der Waals surface area contributed by atoms with Crippen LogP contribution < -0.4 is 5.32 Å². The quantitative estimate of drug-likeness (QED) is 0.870. The summed E-state index contributed by atoms with van der Waals surface area (Å²) in [6, 6.07) is 5.68. The van der Waals surface area contributed by atoms with Crippen molar-refractivity contribution >= 4 is 16.9 Å². The number of nitrogens with zero attached hydrogens (tertiary/aromatic N) is 1. The van der Waals surface area contributed by atoms with Crippen molar-refractivity contribution in [3.63, 3.8) is 0 Å². The van der Waals surface area contributed by atoms with E-state index in [1.54, 1.807) is 6.33 Å². The van der Waals surface area contributed by atoms with Crippen molar-refractivity contribution in [1.82, 2.24) is 15.3 Å². The first-order valence-corrected chi connectivity index (χ1v) is 6.35. The lowest BCUT2D eigenvalue weighted by Gasteiger charge is -2.19. The molecule has 18 heavy (non-hydrogen) atoms. The number of aromatic nitrogens is 2. The van der Waals surface area contributed by atoms with E-state index in [9.17, 15) is 4.79 Å². The molecule has 1 amide bonds. The third-order valence-corrected chi connectivity index (χ3v) is 3.54. The third-order valence-electron chi connectivity index (χ3n) is 3.54. The lowest BCUT2D eigenvalue weighted by molar-refractivity contribution is 0.0928. The lowest BCUT2D eigenvalue weighted by atomic mass is 10.0. The van der Waals surface area contributed by atoms with Gasteiger partial charge >= 0.3 is 0 Å². The molecular formula is C14H19N3O. The number of rotatable bonds is 4. The minimum Gasteiger partial charge on any atom is -0.349 e. The molecule has 2 aromatic rings. The highest BCUT2D eigenvalue weighted by molar-refractivity contribution is 5.97. The Labute approximate surface area is 107 Å². The number of carbonyl (C=O) groups excluding carboxylic acids is 1. The van der Waals surface area contributed by atoms with Crippen LogP contribution in [0.1, 0.15) is 37.6 Å². The molecule has 0 saturated heterocycles. The van der Waals surface area contributed by atoms with E-state index in [0.29, 0.717) is 11.5 Å². The molecule has 2 atom stereocenters. The predicted octanol–water partition coefficient (Wildman–Crippen LogP) is 2.73. The first-order valence-electron chi connectivity index (χ1n) is 6.35. The third kappa shape index (κ3) is 2.53. The van der Waals surface area contributed by atoms with Gasteiger partial charge in [-0.25, -0.2) is 4.98 Å². The van der Waals surface area contributed by atoms with Crippen molar-refractivity contribution in [2.45, 2.75) is 33.2 Å². The Hall–Kier alpha value is -1.84. The normalized spacial score (nSPS) is 14.4. The average Bonchev–Trinajstić information content (AvgIpc) is 2.84. The highest BCUT2D eigenvalue weighted by Crippen LogP contribution is 2.13.